The van der Waals surface area contributed by atoms with Crippen molar-refractivity contribution < 1.29 is 9.53 Å². The molecule has 0 bridgehead atoms. The molecule has 0 saturated carbocycles. The van der Waals surface area contributed by atoms with Gasteiger partial charge in [0.2, 0.25) is 0 Å². The lowest BCUT2D eigenvalue weighted by molar-refractivity contribution is 0.0527. The molecule has 3 N–H and O–H groups in total. The first kappa shape index (κ1) is 11.7. The number of carbonyl (C=O) groups is 1. The Hall–Kier alpha value is -1.42. The van der Waals surface area contributed by atoms with Crippen LogP contribution < -0.4 is 11.1 Å². The Morgan fingerprint density at radius 1 is 1.60 bits per heavy atom. The van der Waals surface area contributed by atoms with Gasteiger partial charge in [-0.3, -0.25) is 0 Å². The first-order valence-corrected chi connectivity index (χ1v) is 4.91. The first-order chi connectivity index (χ1) is 7.10. The Bertz CT molecular complexity index is 380. The molecule has 0 aromatic heterocycles. The van der Waals surface area contributed by atoms with Crippen LogP contribution in [-0.2, 0) is 4.74 Å². The molecule has 0 radical (unpaired) electrons. The van der Waals surface area contributed by atoms with E-state index in [-0.39, 0.29) is 0 Å². The Labute approximate surface area is 93.4 Å². The molecule has 0 saturated heterocycles. The molecule has 0 aliphatic heterocycles. The molecule has 0 aliphatic rings. The summed E-state index contributed by atoms with van der Waals surface area (Å²) in [5.41, 5.74) is 6.91. The predicted octanol–water partition coefficient (Wildman–Crippen LogP) is 2.14. The lowest BCUT2D eigenvalue weighted by Gasteiger charge is -2.11. The largest absolute Gasteiger partial charge is 0.462 e. The third-order valence-electron chi connectivity index (χ3n) is 1.86. The van der Waals surface area contributed by atoms with Crippen LogP contribution in [0.2, 0.25) is 5.02 Å². The number of nitrogens with one attached hydrogen (secondary N) is 1. The van der Waals surface area contributed by atoms with Crippen LogP contribution in [0.25, 0.3) is 0 Å². The predicted molar refractivity (Wildman–Crippen MR) is 61.4 cm³/mol. The van der Waals surface area contributed by atoms with Crippen molar-refractivity contribution in [3.63, 3.8) is 0 Å². The number of nitrogen functional groups attached to an aromatic ring is 1. The van der Waals surface area contributed by atoms with E-state index in [1.807, 2.05) is 0 Å². The Morgan fingerprint density at radius 3 is 2.80 bits per heavy atom. The molecular formula is C10H13ClN2O2. The zero-order valence-electron chi connectivity index (χ0n) is 8.63. The van der Waals surface area contributed by atoms with Crippen molar-refractivity contribution >= 4 is 28.9 Å². The molecule has 0 heterocycles. The van der Waals surface area contributed by atoms with Crippen molar-refractivity contribution in [3.8, 4) is 0 Å². The fraction of sp³-hybridized carbons (Fsp3) is 0.300. The highest BCUT2D eigenvalue weighted by atomic mass is 35.5. The van der Waals surface area contributed by atoms with Gasteiger partial charge in [-0.1, -0.05) is 11.6 Å². The maximum Gasteiger partial charge on any atom is 0.340 e. The number of halogens is 1. The molecule has 5 heteroatoms. The van der Waals surface area contributed by atoms with Gasteiger partial charge in [-0.2, -0.15) is 0 Å². The van der Waals surface area contributed by atoms with Crippen molar-refractivity contribution in [1.82, 2.24) is 0 Å². The molecule has 0 spiro atoms. The number of hydrogen-bond donors (Lipinski definition) is 2. The van der Waals surface area contributed by atoms with Gasteiger partial charge in [-0.15, -0.1) is 0 Å². The molecule has 0 atom stereocenters. The molecule has 0 aliphatic carbocycles. The Morgan fingerprint density at radius 2 is 2.27 bits per heavy atom. The van der Waals surface area contributed by atoms with Gasteiger partial charge >= 0.3 is 5.97 Å². The third kappa shape index (κ3) is 2.53. The van der Waals surface area contributed by atoms with Gasteiger partial charge in [-0.25, -0.2) is 4.79 Å². The SMILES string of the molecule is CCOC(=O)c1cc(N)cc(Cl)c1NC. The number of esters is 1. The maximum atomic E-state index is 11.6. The molecule has 0 fully saturated rings. The van der Waals surface area contributed by atoms with Crippen molar-refractivity contribution in [1.29, 1.82) is 0 Å². The van der Waals surface area contributed by atoms with Gasteiger partial charge in [0.25, 0.3) is 0 Å². The number of ether oxygens (including phenoxy) is 1. The van der Waals surface area contributed by atoms with Crippen LogP contribution in [0.15, 0.2) is 12.1 Å². The number of nitrogens with two attached hydrogens (primary N) is 1. The number of rotatable bonds is 3. The summed E-state index contributed by atoms with van der Waals surface area (Å²) in [5.74, 6) is -0.434. The minimum Gasteiger partial charge on any atom is -0.462 e. The summed E-state index contributed by atoms with van der Waals surface area (Å²) in [6, 6.07) is 3.12. The van der Waals surface area contributed by atoms with Crippen molar-refractivity contribution in [3.05, 3.63) is 22.7 Å². The van der Waals surface area contributed by atoms with Crippen LogP contribution in [0.1, 0.15) is 17.3 Å². The summed E-state index contributed by atoms with van der Waals surface area (Å²) >= 11 is 5.93. The van der Waals surface area contributed by atoms with Crippen LogP contribution in [0.4, 0.5) is 11.4 Å². The molecule has 1 rings (SSSR count). The fourth-order valence-electron chi connectivity index (χ4n) is 1.25. The number of carbonyl (C=O) groups excluding carboxylic acids is 1. The minimum atomic E-state index is -0.434. The average molecular weight is 229 g/mol. The highest BCUT2D eigenvalue weighted by Crippen LogP contribution is 2.29. The molecule has 15 heavy (non-hydrogen) atoms. The quantitative estimate of drug-likeness (QED) is 0.615. The van der Waals surface area contributed by atoms with Crippen LogP contribution in [0.3, 0.4) is 0 Å². The Balaban J connectivity index is 3.20. The maximum absolute atomic E-state index is 11.6. The minimum absolute atomic E-state index is 0.314. The summed E-state index contributed by atoms with van der Waals surface area (Å²) < 4.78 is 4.89. The van der Waals surface area contributed by atoms with Crippen molar-refractivity contribution in [2.45, 2.75) is 6.92 Å². The lowest BCUT2D eigenvalue weighted by Crippen LogP contribution is -2.09. The van der Waals surface area contributed by atoms with Gasteiger partial charge in [0.15, 0.2) is 0 Å². The Kier molecular flexibility index (Phi) is 3.80. The summed E-state index contributed by atoms with van der Waals surface area (Å²) in [6.07, 6.45) is 0. The van der Waals surface area contributed by atoms with Crippen LogP contribution in [0, 0.1) is 0 Å². The summed E-state index contributed by atoms with van der Waals surface area (Å²) in [7, 11) is 1.68. The van der Waals surface area contributed by atoms with E-state index in [4.69, 9.17) is 22.1 Å². The molecule has 82 valence electrons. The first-order valence-electron chi connectivity index (χ1n) is 4.54. The number of hydrogen-bond acceptors (Lipinski definition) is 4. The van der Waals surface area contributed by atoms with Crippen LogP contribution in [-0.4, -0.2) is 19.6 Å². The van der Waals surface area contributed by atoms with Crippen molar-refractivity contribution in [2.24, 2.45) is 0 Å². The smallest absolute Gasteiger partial charge is 0.340 e. The number of benzene rings is 1. The van der Waals surface area contributed by atoms with Gasteiger partial charge < -0.3 is 15.8 Å². The molecule has 1 aromatic rings. The molecule has 0 amide bonds. The zero-order chi connectivity index (χ0) is 11.4. The molecule has 0 unspecified atom stereocenters. The van der Waals surface area contributed by atoms with Gasteiger partial charge in [-0.05, 0) is 19.1 Å². The summed E-state index contributed by atoms with van der Waals surface area (Å²) in [4.78, 5) is 11.6. The molecular weight excluding hydrogens is 216 g/mol. The normalized spacial score (nSPS) is 9.80. The second kappa shape index (κ2) is 4.89. The third-order valence-corrected chi connectivity index (χ3v) is 2.16. The van der Waals surface area contributed by atoms with E-state index < -0.39 is 5.97 Å². The summed E-state index contributed by atoms with van der Waals surface area (Å²) in [6.45, 7) is 2.05. The van der Waals surface area contributed by atoms with Gasteiger partial charge in [0, 0.05) is 12.7 Å². The van der Waals surface area contributed by atoms with Gasteiger partial charge in [0.05, 0.1) is 22.9 Å². The van der Waals surface area contributed by atoms with E-state index in [1.165, 1.54) is 6.07 Å². The van der Waals surface area contributed by atoms with E-state index in [0.717, 1.165) is 0 Å². The van der Waals surface area contributed by atoms with Gasteiger partial charge in [0.1, 0.15) is 0 Å². The zero-order valence-corrected chi connectivity index (χ0v) is 9.39. The van der Waals surface area contributed by atoms with E-state index in [0.29, 0.717) is 28.6 Å². The highest BCUT2D eigenvalue weighted by Gasteiger charge is 2.15. The van der Waals surface area contributed by atoms with E-state index in [2.05, 4.69) is 5.32 Å². The second-order valence-corrected chi connectivity index (χ2v) is 3.30. The fourth-order valence-corrected chi connectivity index (χ4v) is 1.57. The highest BCUT2D eigenvalue weighted by molar-refractivity contribution is 6.34. The van der Waals surface area contributed by atoms with E-state index >= 15 is 0 Å². The standard InChI is InChI=1S/C10H13ClN2O2/c1-3-15-10(14)7-4-6(12)5-8(11)9(7)13-2/h4-5,13H,3,12H2,1-2H3. The topological polar surface area (TPSA) is 64.3 Å². The van der Waals surface area contributed by atoms with Crippen molar-refractivity contribution in [2.75, 3.05) is 24.7 Å². The monoisotopic (exact) mass is 228 g/mol. The summed E-state index contributed by atoms with van der Waals surface area (Å²) in [5, 5.41) is 3.25. The second-order valence-electron chi connectivity index (χ2n) is 2.90. The lowest BCUT2D eigenvalue weighted by atomic mass is 10.1. The van der Waals surface area contributed by atoms with Crippen LogP contribution >= 0.6 is 11.6 Å². The average Bonchev–Trinajstić information content (AvgIpc) is 2.17. The molecule has 1 aromatic carbocycles. The van der Waals surface area contributed by atoms with E-state index in [9.17, 15) is 4.79 Å². The number of anilines is 2. The molecule has 4 nitrogen and oxygen atoms in total. The van der Waals surface area contributed by atoms with E-state index in [1.54, 1.807) is 20.0 Å². The van der Waals surface area contributed by atoms with Crippen LogP contribution in [0.5, 0.6) is 0 Å².